The number of nitrogens with zero attached hydrogens (tertiary/aromatic N) is 5. The number of carbonyl (C=O) groups is 1. The Morgan fingerprint density at radius 2 is 1.73 bits per heavy atom. The van der Waals surface area contributed by atoms with Crippen molar-refractivity contribution in [3.63, 3.8) is 0 Å². The van der Waals surface area contributed by atoms with Crippen LogP contribution in [0.4, 0.5) is 5.69 Å². The Kier molecular flexibility index (Phi) is 4.47. The second-order valence-corrected chi connectivity index (χ2v) is 7.83. The molecule has 3 heterocycles. The summed E-state index contributed by atoms with van der Waals surface area (Å²) < 4.78 is 3.19. The molecule has 5 rings (SSSR count). The van der Waals surface area contributed by atoms with Crippen molar-refractivity contribution in [1.29, 1.82) is 0 Å². The third-order valence-electron chi connectivity index (χ3n) is 5.74. The third-order valence-corrected chi connectivity index (χ3v) is 6.06. The van der Waals surface area contributed by atoms with Crippen molar-refractivity contribution >= 4 is 39.7 Å². The predicted octanol–water partition coefficient (Wildman–Crippen LogP) is 2.80. The van der Waals surface area contributed by atoms with Crippen LogP contribution in [0.2, 0.25) is 5.02 Å². The van der Waals surface area contributed by atoms with Crippen molar-refractivity contribution in [2.24, 2.45) is 7.05 Å². The van der Waals surface area contributed by atoms with E-state index < -0.39 is 0 Å². The lowest BCUT2D eigenvalue weighted by atomic mass is 10.1. The van der Waals surface area contributed by atoms with Crippen LogP contribution < -0.4 is 10.5 Å². The van der Waals surface area contributed by atoms with E-state index >= 15 is 0 Å². The van der Waals surface area contributed by atoms with E-state index in [0.717, 1.165) is 29.3 Å². The first-order valence-corrected chi connectivity index (χ1v) is 10.2. The number of rotatable bonds is 2. The summed E-state index contributed by atoms with van der Waals surface area (Å²) in [5.74, 6) is -0.0382. The second kappa shape index (κ2) is 7.18. The first-order chi connectivity index (χ1) is 14.5. The smallest absolute Gasteiger partial charge is 0.276 e. The zero-order valence-corrected chi connectivity index (χ0v) is 17.2. The minimum Gasteiger partial charge on any atom is -0.367 e. The Morgan fingerprint density at radius 1 is 0.967 bits per heavy atom. The van der Waals surface area contributed by atoms with Crippen LogP contribution in [0.15, 0.2) is 59.5 Å². The van der Waals surface area contributed by atoms with Gasteiger partial charge in [-0.1, -0.05) is 23.7 Å². The van der Waals surface area contributed by atoms with Crippen LogP contribution in [-0.2, 0) is 7.05 Å². The van der Waals surface area contributed by atoms with Crippen molar-refractivity contribution in [1.82, 2.24) is 19.1 Å². The van der Waals surface area contributed by atoms with Gasteiger partial charge in [-0.25, -0.2) is 4.52 Å². The molecule has 152 valence electrons. The van der Waals surface area contributed by atoms with E-state index in [-0.39, 0.29) is 11.5 Å². The van der Waals surface area contributed by atoms with E-state index in [1.54, 1.807) is 40.5 Å². The maximum atomic E-state index is 13.1. The number of carbonyl (C=O) groups excluding carboxylic acids is 1. The van der Waals surface area contributed by atoms with E-state index in [1.165, 1.54) is 0 Å². The highest BCUT2D eigenvalue weighted by Gasteiger charge is 2.24. The number of fused-ring (bicyclic) bond motifs is 3. The minimum absolute atomic E-state index is 0.0382. The van der Waals surface area contributed by atoms with Crippen LogP contribution in [0.1, 0.15) is 10.4 Å². The summed E-state index contributed by atoms with van der Waals surface area (Å²) in [5, 5.41) is 4.97. The Hall–Kier alpha value is -3.32. The average Bonchev–Trinajstić information content (AvgIpc) is 3.27. The van der Waals surface area contributed by atoms with Crippen LogP contribution >= 0.6 is 11.6 Å². The van der Waals surface area contributed by atoms with Crippen molar-refractivity contribution in [2.75, 3.05) is 31.1 Å². The molecule has 0 aliphatic carbocycles. The highest BCUT2D eigenvalue weighted by atomic mass is 35.5. The first-order valence-electron chi connectivity index (χ1n) is 9.80. The largest absolute Gasteiger partial charge is 0.367 e. The third kappa shape index (κ3) is 2.93. The topological polar surface area (TPSA) is 62.9 Å². The number of benzene rings is 2. The summed E-state index contributed by atoms with van der Waals surface area (Å²) in [6.07, 6.45) is 1.60. The SMILES string of the molecule is Cn1c(=O)c2ccnn2c2ccc(C(=O)N3CCN(c4ccccc4Cl)CC3)cc21. The Morgan fingerprint density at radius 3 is 2.50 bits per heavy atom. The van der Waals surface area contributed by atoms with Crippen LogP contribution in [-0.4, -0.2) is 51.2 Å². The van der Waals surface area contributed by atoms with Gasteiger partial charge in [-0.05, 0) is 36.4 Å². The molecule has 1 aliphatic rings. The number of halogens is 1. The highest BCUT2D eigenvalue weighted by Crippen LogP contribution is 2.26. The van der Waals surface area contributed by atoms with E-state index in [2.05, 4.69) is 10.00 Å². The number of hydrogen-bond donors (Lipinski definition) is 0. The minimum atomic E-state index is -0.141. The summed E-state index contributed by atoms with van der Waals surface area (Å²) in [5.41, 5.74) is 3.40. The van der Waals surface area contributed by atoms with Gasteiger partial charge in [0.15, 0.2) is 0 Å². The van der Waals surface area contributed by atoms with Crippen LogP contribution in [0.3, 0.4) is 0 Å². The van der Waals surface area contributed by atoms with Crippen molar-refractivity contribution < 1.29 is 4.79 Å². The lowest BCUT2D eigenvalue weighted by molar-refractivity contribution is 0.0747. The van der Waals surface area contributed by atoms with Gasteiger partial charge in [0.1, 0.15) is 5.52 Å². The quantitative estimate of drug-likeness (QED) is 0.499. The lowest BCUT2D eigenvalue weighted by Gasteiger charge is -2.36. The molecular formula is C22H20ClN5O2. The molecule has 0 N–H and O–H groups in total. The van der Waals surface area contributed by atoms with Gasteiger partial charge < -0.3 is 14.4 Å². The van der Waals surface area contributed by atoms with Crippen LogP contribution in [0, 0.1) is 0 Å². The number of anilines is 1. The molecule has 2 aromatic carbocycles. The first kappa shape index (κ1) is 18.7. The number of aryl methyl sites for hydroxylation is 1. The van der Waals surface area contributed by atoms with Crippen molar-refractivity contribution in [2.45, 2.75) is 0 Å². The number of aromatic nitrogens is 3. The molecule has 1 fully saturated rings. The van der Waals surface area contributed by atoms with Gasteiger partial charge >= 0.3 is 0 Å². The second-order valence-electron chi connectivity index (χ2n) is 7.43. The van der Waals surface area contributed by atoms with Crippen molar-refractivity contribution in [3.8, 4) is 0 Å². The molecule has 30 heavy (non-hydrogen) atoms. The molecule has 0 bridgehead atoms. The number of amides is 1. The summed E-state index contributed by atoms with van der Waals surface area (Å²) in [4.78, 5) is 29.8. The number of para-hydroxylation sites is 1. The van der Waals surface area contributed by atoms with E-state index in [4.69, 9.17) is 11.6 Å². The molecule has 4 aromatic rings. The van der Waals surface area contributed by atoms with Crippen molar-refractivity contribution in [3.05, 3.63) is 75.7 Å². The fraction of sp³-hybridized carbons (Fsp3) is 0.227. The molecule has 0 saturated carbocycles. The van der Waals surface area contributed by atoms with Crippen LogP contribution in [0.25, 0.3) is 16.6 Å². The Balaban J connectivity index is 1.42. The predicted molar refractivity (Wildman–Crippen MR) is 118 cm³/mol. The standard InChI is InChI=1S/C22H20ClN5O2/c1-25-20-14-15(6-7-18(20)28-19(22(25)30)8-9-24-28)21(29)27-12-10-26(11-13-27)17-5-3-2-4-16(17)23/h2-9,14H,10-13H2,1H3. The summed E-state index contributed by atoms with van der Waals surface area (Å²) in [7, 11) is 1.72. The Labute approximate surface area is 177 Å². The van der Waals surface area contributed by atoms with Crippen LogP contribution in [0.5, 0.6) is 0 Å². The molecule has 2 aromatic heterocycles. The molecule has 0 spiro atoms. The van der Waals surface area contributed by atoms with Gasteiger partial charge in [-0.15, -0.1) is 0 Å². The number of hydrogen-bond acceptors (Lipinski definition) is 4. The molecule has 0 unspecified atom stereocenters. The fourth-order valence-corrected chi connectivity index (χ4v) is 4.34. The summed E-state index contributed by atoms with van der Waals surface area (Å²) >= 11 is 6.31. The lowest BCUT2D eigenvalue weighted by Crippen LogP contribution is -2.48. The molecule has 0 atom stereocenters. The van der Waals surface area contributed by atoms with E-state index in [9.17, 15) is 9.59 Å². The maximum Gasteiger partial charge on any atom is 0.276 e. The normalized spacial score (nSPS) is 14.6. The average molecular weight is 422 g/mol. The maximum absolute atomic E-state index is 13.1. The zero-order valence-electron chi connectivity index (χ0n) is 16.5. The van der Waals surface area contributed by atoms with Gasteiger partial charge in [-0.2, -0.15) is 5.10 Å². The van der Waals surface area contributed by atoms with Gasteiger partial charge in [0.05, 0.1) is 27.9 Å². The van der Waals surface area contributed by atoms with Gasteiger partial charge in [-0.3, -0.25) is 9.59 Å². The molecule has 0 radical (unpaired) electrons. The Bertz CT molecular complexity index is 1330. The molecular weight excluding hydrogens is 402 g/mol. The van der Waals surface area contributed by atoms with E-state index in [1.807, 2.05) is 35.2 Å². The summed E-state index contributed by atoms with van der Waals surface area (Å²) in [6, 6.07) is 14.9. The molecule has 7 nitrogen and oxygen atoms in total. The highest BCUT2D eigenvalue weighted by molar-refractivity contribution is 6.33. The molecule has 8 heteroatoms. The van der Waals surface area contributed by atoms with Gasteiger partial charge in [0.2, 0.25) is 0 Å². The van der Waals surface area contributed by atoms with E-state index in [0.29, 0.717) is 29.7 Å². The zero-order chi connectivity index (χ0) is 20.8. The fourth-order valence-electron chi connectivity index (χ4n) is 4.08. The molecule has 1 saturated heterocycles. The number of piperazine rings is 1. The van der Waals surface area contributed by atoms with Gasteiger partial charge in [0, 0.05) is 38.8 Å². The van der Waals surface area contributed by atoms with Gasteiger partial charge in [0.25, 0.3) is 11.5 Å². The summed E-state index contributed by atoms with van der Waals surface area (Å²) in [6.45, 7) is 2.66. The molecule has 1 aliphatic heterocycles. The molecule has 1 amide bonds. The monoisotopic (exact) mass is 421 g/mol.